The van der Waals surface area contributed by atoms with Gasteiger partial charge in [0.05, 0.1) is 15.7 Å². The molecule has 0 aliphatic rings. The average Bonchev–Trinajstić information content (AvgIpc) is 2.06. The smallest absolute Gasteiger partial charge is 0.296 e. The van der Waals surface area contributed by atoms with Crippen LogP contribution in [0.4, 0.5) is 5.69 Å². The van der Waals surface area contributed by atoms with E-state index in [-0.39, 0.29) is 45.3 Å². The second-order valence-corrected chi connectivity index (χ2v) is 4.59. The van der Waals surface area contributed by atoms with E-state index in [1.807, 2.05) is 0 Å². The van der Waals surface area contributed by atoms with Crippen molar-refractivity contribution in [2.45, 2.75) is 4.90 Å². The molecular formula is C6H6Cl2N2NaO3S. The van der Waals surface area contributed by atoms with Crippen molar-refractivity contribution in [1.29, 1.82) is 0 Å². The van der Waals surface area contributed by atoms with Crippen LogP contribution in [0.25, 0.3) is 0 Å². The molecule has 0 bridgehead atoms. The number of hydrogen-bond donors (Lipinski definition) is 3. The van der Waals surface area contributed by atoms with E-state index in [4.69, 9.17) is 33.6 Å². The molecule has 1 aromatic carbocycles. The summed E-state index contributed by atoms with van der Waals surface area (Å²) >= 11 is 11.2. The Bertz CT molecular complexity index is 466. The number of nitrogen functional groups attached to an aromatic ring is 1. The Balaban J connectivity index is 0.00000196. The standard InChI is InChI=1S/C6H6Cl2N2O3S.Na/c7-3-2-6(14(11,12)13)4(8)1-5(3)10-9;/h1-2,10H,9H2,(H,11,12,13);. The van der Waals surface area contributed by atoms with Crippen molar-refractivity contribution in [2.75, 3.05) is 5.43 Å². The van der Waals surface area contributed by atoms with E-state index in [0.717, 1.165) is 6.07 Å². The van der Waals surface area contributed by atoms with Crippen LogP contribution < -0.4 is 11.3 Å². The van der Waals surface area contributed by atoms with Crippen LogP contribution in [0.15, 0.2) is 17.0 Å². The first-order valence-corrected chi connectivity index (χ1v) is 5.49. The molecule has 0 saturated carbocycles. The summed E-state index contributed by atoms with van der Waals surface area (Å²) in [4.78, 5) is -0.455. The molecule has 0 spiro atoms. The van der Waals surface area contributed by atoms with E-state index in [0.29, 0.717) is 0 Å². The molecule has 0 aliphatic carbocycles. The van der Waals surface area contributed by atoms with Crippen molar-refractivity contribution in [1.82, 2.24) is 0 Å². The Morgan fingerprint density at radius 3 is 2.20 bits per heavy atom. The first-order chi connectivity index (χ1) is 6.36. The molecule has 4 N–H and O–H groups in total. The molecule has 5 nitrogen and oxygen atoms in total. The van der Waals surface area contributed by atoms with E-state index >= 15 is 0 Å². The van der Waals surface area contributed by atoms with Crippen molar-refractivity contribution in [2.24, 2.45) is 5.84 Å². The average molecular weight is 280 g/mol. The summed E-state index contributed by atoms with van der Waals surface area (Å²) in [6.45, 7) is 0. The molecule has 0 aromatic heterocycles. The van der Waals surface area contributed by atoms with Gasteiger partial charge in [-0.15, -0.1) is 0 Å². The second-order valence-electron chi connectivity index (χ2n) is 2.38. The number of nitrogens with one attached hydrogen (secondary N) is 1. The number of hydrogen-bond acceptors (Lipinski definition) is 4. The minimum Gasteiger partial charge on any atom is -0.323 e. The molecule has 15 heavy (non-hydrogen) atoms. The summed E-state index contributed by atoms with van der Waals surface area (Å²) in [6, 6.07) is 2.21. The van der Waals surface area contributed by atoms with Gasteiger partial charge in [-0.1, -0.05) is 23.2 Å². The van der Waals surface area contributed by atoms with Crippen molar-refractivity contribution in [3.05, 3.63) is 22.2 Å². The van der Waals surface area contributed by atoms with Gasteiger partial charge < -0.3 is 5.43 Å². The predicted molar refractivity (Wildman–Crippen MR) is 59.8 cm³/mol. The van der Waals surface area contributed by atoms with Crippen molar-refractivity contribution in [3.63, 3.8) is 0 Å². The summed E-state index contributed by atoms with van der Waals surface area (Å²) in [5, 5.41) is -0.116. The number of benzene rings is 1. The summed E-state index contributed by atoms with van der Waals surface area (Å²) in [6.07, 6.45) is 0. The maximum Gasteiger partial charge on any atom is 0.296 e. The second kappa shape index (κ2) is 5.70. The number of hydrazine groups is 1. The molecule has 1 radical (unpaired) electrons. The molecule has 0 heterocycles. The van der Waals surface area contributed by atoms with Crippen molar-refractivity contribution >= 4 is 68.6 Å². The number of rotatable bonds is 2. The van der Waals surface area contributed by atoms with Crippen LogP contribution in [-0.4, -0.2) is 42.5 Å². The number of nitrogens with two attached hydrogens (primary N) is 1. The molecule has 0 amide bonds. The first kappa shape index (κ1) is 15.5. The summed E-state index contributed by atoms with van der Waals surface area (Å²) in [7, 11) is -4.37. The molecule has 9 heteroatoms. The van der Waals surface area contributed by atoms with Crippen LogP contribution in [0.5, 0.6) is 0 Å². The molecule has 79 valence electrons. The van der Waals surface area contributed by atoms with Gasteiger partial charge in [0, 0.05) is 29.6 Å². The Morgan fingerprint density at radius 1 is 1.27 bits per heavy atom. The van der Waals surface area contributed by atoms with Gasteiger partial charge in [0.2, 0.25) is 0 Å². The number of halogens is 2. The minimum absolute atomic E-state index is 0. The van der Waals surface area contributed by atoms with Gasteiger partial charge in [-0.05, 0) is 12.1 Å². The molecule has 1 rings (SSSR count). The van der Waals surface area contributed by atoms with Gasteiger partial charge in [0.1, 0.15) is 4.90 Å². The zero-order valence-electron chi connectivity index (χ0n) is 7.66. The Labute approximate surface area is 119 Å². The van der Waals surface area contributed by atoms with Crippen LogP contribution >= 0.6 is 23.2 Å². The summed E-state index contributed by atoms with van der Waals surface area (Å²) in [5.41, 5.74) is 2.49. The fourth-order valence-corrected chi connectivity index (χ4v) is 2.15. The van der Waals surface area contributed by atoms with Crippen LogP contribution in [0.3, 0.4) is 0 Å². The quantitative estimate of drug-likeness (QED) is 0.327. The van der Waals surface area contributed by atoms with Crippen molar-refractivity contribution < 1.29 is 13.0 Å². The molecule has 0 unspecified atom stereocenters. The zero-order chi connectivity index (χ0) is 10.9. The molecule has 1 aromatic rings. The topological polar surface area (TPSA) is 92.4 Å². The fraction of sp³-hybridized carbons (Fsp3) is 0. The van der Waals surface area contributed by atoms with E-state index in [9.17, 15) is 8.42 Å². The van der Waals surface area contributed by atoms with E-state index in [1.165, 1.54) is 6.07 Å². The molecule has 0 aliphatic heterocycles. The fourth-order valence-electron chi connectivity index (χ4n) is 0.837. The van der Waals surface area contributed by atoms with Crippen LogP contribution in [0.2, 0.25) is 10.0 Å². The predicted octanol–water partition coefficient (Wildman–Crippen LogP) is 1.14. The molecule has 0 atom stereocenters. The monoisotopic (exact) mass is 279 g/mol. The van der Waals surface area contributed by atoms with Crippen LogP contribution in [0, 0.1) is 0 Å². The van der Waals surface area contributed by atoms with Gasteiger partial charge in [0.15, 0.2) is 0 Å². The molecular weight excluding hydrogens is 274 g/mol. The third kappa shape index (κ3) is 3.76. The largest absolute Gasteiger partial charge is 0.323 e. The summed E-state index contributed by atoms with van der Waals surface area (Å²) in [5.74, 6) is 5.07. The third-order valence-corrected chi connectivity index (χ3v) is 3.09. The minimum atomic E-state index is -4.37. The van der Waals surface area contributed by atoms with Gasteiger partial charge in [-0.25, -0.2) is 0 Å². The Kier molecular flexibility index (Phi) is 5.87. The summed E-state index contributed by atoms with van der Waals surface area (Å²) < 4.78 is 30.3. The first-order valence-electron chi connectivity index (χ1n) is 3.29. The maximum absolute atomic E-state index is 10.8. The SMILES string of the molecule is NNc1cc(Cl)c(S(=O)(=O)O)cc1Cl.[Na]. The van der Waals surface area contributed by atoms with Gasteiger partial charge in [-0.2, -0.15) is 8.42 Å². The van der Waals surface area contributed by atoms with Crippen LogP contribution in [-0.2, 0) is 10.1 Å². The Morgan fingerprint density at radius 2 is 1.80 bits per heavy atom. The van der Waals surface area contributed by atoms with E-state index < -0.39 is 15.0 Å². The Hall–Kier alpha value is 0.470. The molecule has 0 saturated heterocycles. The normalized spacial score (nSPS) is 10.7. The zero-order valence-corrected chi connectivity index (χ0v) is 12.0. The van der Waals surface area contributed by atoms with E-state index in [1.54, 1.807) is 0 Å². The van der Waals surface area contributed by atoms with Gasteiger partial charge in [0.25, 0.3) is 10.1 Å². The van der Waals surface area contributed by atoms with Gasteiger partial charge in [-0.3, -0.25) is 10.4 Å². The van der Waals surface area contributed by atoms with Crippen LogP contribution in [0.1, 0.15) is 0 Å². The van der Waals surface area contributed by atoms with Crippen molar-refractivity contribution in [3.8, 4) is 0 Å². The maximum atomic E-state index is 10.8. The van der Waals surface area contributed by atoms with E-state index in [2.05, 4.69) is 5.43 Å². The molecule has 0 fully saturated rings. The van der Waals surface area contributed by atoms with Gasteiger partial charge >= 0.3 is 0 Å². The third-order valence-electron chi connectivity index (χ3n) is 1.45. The number of anilines is 1.